The molecule has 2 N–H and O–H groups in total. The molecule has 6 heteroatoms. The lowest BCUT2D eigenvalue weighted by Crippen LogP contribution is -2.09. The average Bonchev–Trinajstić information content (AvgIpc) is 2.45. The Kier molecular flexibility index (Phi) is 9.23. The van der Waals surface area contributed by atoms with E-state index in [-0.39, 0.29) is 0 Å². The standard InChI is InChI=1S/C14H23NO4S/c1-16-3-4-18-5-6-19-7-8-20-14-10-12(15)9-13(11-14)17-2/h9-11H,3-8,15H2,1-2H3. The molecule has 0 amide bonds. The summed E-state index contributed by atoms with van der Waals surface area (Å²) < 4.78 is 20.8. The van der Waals surface area contributed by atoms with Crippen LogP contribution < -0.4 is 10.5 Å². The molecule has 0 spiro atoms. The summed E-state index contributed by atoms with van der Waals surface area (Å²) in [5.74, 6) is 1.64. The quantitative estimate of drug-likeness (QED) is 0.383. The Labute approximate surface area is 124 Å². The van der Waals surface area contributed by atoms with E-state index in [2.05, 4.69) is 0 Å². The summed E-state index contributed by atoms with van der Waals surface area (Å²) in [6, 6.07) is 5.70. The number of ether oxygens (including phenoxy) is 4. The van der Waals surface area contributed by atoms with Crippen LogP contribution in [-0.4, -0.2) is 53.0 Å². The van der Waals surface area contributed by atoms with E-state index in [4.69, 9.17) is 24.7 Å². The Hall–Kier alpha value is -0.950. The number of rotatable bonds is 11. The fraction of sp³-hybridized carbons (Fsp3) is 0.571. The van der Waals surface area contributed by atoms with Gasteiger partial charge in [-0.3, -0.25) is 0 Å². The summed E-state index contributed by atoms with van der Waals surface area (Å²) in [6.07, 6.45) is 0. The Morgan fingerprint density at radius 3 is 2.35 bits per heavy atom. The van der Waals surface area contributed by atoms with Crippen molar-refractivity contribution in [3.63, 3.8) is 0 Å². The van der Waals surface area contributed by atoms with Crippen LogP contribution in [0.25, 0.3) is 0 Å². The summed E-state index contributed by atoms with van der Waals surface area (Å²) in [6.45, 7) is 3.10. The van der Waals surface area contributed by atoms with Crippen molar-refractivity contribution in [1.82, 2.24) is 0 Å². The first-order valence-corrected chi connectivity index (χ1v) is 7.46. The number of hydrogen-bond donors (Lipinski definition) is 1. The highest BCUT2D eigenvalue weighted by molar-refractivity contribution is 7.99. The molecule has 20 heavy (non-hydrogen) atoms. The molecule has 5 nitrogen and oxygen atoms in total. The molecule has 0 atom stereocenters. The first-order valence-electron chi connectivity index (χ1n) is 6.48. The van der Waals surface area contributed by atoms with Crippen LogP contribution >= 0.6 is 11.8 Å². The summed E-state index contributed by atoms with van der Waals surface area (Å²) in [4.78, 5) is 1.08. The lowest BCUT2D eigenvalue weighted by atomic mass is 10.3. The highest BCUT2D eigenvalue weighted by Gasteiger charge is 2.00. The van der Waals surface area contributed by atoms with E-state index in [0.29, 0.717) is 38.7 Å². The molecular formula is C14H23NO4S. The number of anilines is 1. The average molecular weight is 301 g/mol. The Morgan fingerprint density at radius 2 is 1.65 bits per heavy atom. The van der Waals surface area contributed by atoms with Crippen molar-refractivity contribution >= 4 is 17.4 Å². The van der Waals surface area contributed by atoms with Crippen molar-refractivity contribution < 1.29 is 18.9 Å². The third kappa shape index (κ3) is 7.59. The van der Waals surface area contributed by atoms with Gasteiger partial charge < -0.3 is 24.7 Å². The second-order valence-electron chi connectivity index (χ2n) is 4.01. The van der Waals surface area contributed by atoms with Gasteiger partial charge in [0, 0.05) is 29.5 Å². The van der Waals surface area contributed by atoms with Crippen molar-refractivity contribution in [3.05, 3.63) is 18.2 Å². The zero-order chi connectivity index (χ0) is 14.6. The van der Waals surface area contributed by atoms with Crippen molar-refractivity contribution in [3.8, 4) is 5.75 Å². The molecule has 1 rings (SSSR count). The third-order valence-electron chi connectivity index (χ3n) is 2.44. The number of nitrogen functional groups attached to an aromatic ring is 1. The molecule has 114 valence electrons. The van der Waals surface area contributed by atoms with Gasteiger partial charge in [0.25, 0.3) is 0 Å². The number of hydrogen-bond acceptors (Lipinski definition) is 6. The number of methoxy groups -OCH3 is 2. The van der Waals surface area contributed by atoms with Crippen molar-refractivity contribution in [2.45, 2.75) is 4.90 Å². The molecule has 1 aromatic carbocycles. The van der Waals surface area contributed by atoms with E-state index >= 15 is 0 Å². The fourth-order valence-corrected chi connectivity index (χ4v) is 2.33. The molecule has 0 aliphatic heterocycles. The summed E-state index contributed by atoms with van der Waals surface area (Å²) in [7, 11) is 3.29. The van der Waals surface area contributed by atoms with Gasteiger partial charge >= 0.3 is 0 Å². The SMILES string of the molecule is COCCOCCOCCSc1cc(N)cc(OC)c1. The van der Waals surface area contributed by atoms with Gasteiger partial charge in [-0.05, 0) is 12.1 Å². The largest absolute Gasteiger partial charge is 0.497 e. The molecule has 0 unspecified atom stereocenters. The van der Waals surface area contributed by atoms with E-state index in [0.717, 1.165) is 16.4 Å². The van der Waals surface area contributed by atoms with Crippen LogP contribution in [-0.2, 0) is 14.2 Å². The monoisotopic (exact) mass is 301 g/mol. The van der Waals surface area contributed by atoms with Gasteiger partial charge in [-0.15, -0.1) is 11.8 Å². The highest BCUT2D eigenvalue weighted by atomic mass is 32.2. The first-order chi connectivity index (χ1) is 9.76. The molecule has 0 radical (unpaired) electrons. The summed E-state index contributed by atoms with van der Waals surface area (Å²) in [5.41, 5.74) is 6.50. The predicted molar refractivity (Wildman–Crippen MR) is 81.6 cm³/mol. The van der Waals surface area contributed by atoms with Gasteiger partial charge in [-0.1, -0.05) is 0 Å². The molecular weight excluding hydrogens is 278 g/mol. The van der Waals surface area contributed by atoms with E-state index < -0.39 is 0 Å². The maximum Gasteiger partial charge on any atom is 0.122 e. The topological polar surface area (TPSA) is 62.9 Å². The molecule has 0 aromatic heterocycles. The lowest BCUT2D eigenvalue weighted by molar-refractivity contribution is 0.0286. The van der Waals surface area contributed by atoms with Crippen LogP contribution in [0, 0.1) is 0 Å². The maximum absolute atomic E-state index is 5.79. The summed E-state index contributed by atoms with van der Waals surface area (Å²) >= 11 is 1.69. The first kappa shape index (κ1) is 17.1. The zero-order valence-electron chi connectivity index (χ0n) is 12.1. The van der Waals surface area contributed by atoms with Crippen LogP contribution in [0.2, 0.25) is 0 Å². The van der Waals surface area contributed by atoms with Crippen molar-refractivity contribution in [1.29, 1.82) is 0 Å². The van der Waals surface area contributed by atoms with Gasteiger partial charge in [0.1, 0.15) is 5.75 Å². The third-order valence-corrected chi connectivity index (χ3v) is 3.38. The van der Waals surface area contributed by atoms with Crippen molar-refractivity contribution in [2.75, 3.05) is 58.7 Å². The normalized spacial score (nSPS) is 10.7. The highest BCUT2D eigenvalue weighted by Crippen LogP contribution is 2.26. The molecule has 1 aromatic rings. The molecule has 0 saturated heterocycles. The number of thioether (sulfide) groups is 1. The zero-order valence-corrected chi connectivity index (χ0v) is 12.9. The van der Waals surface area contributed by atoms with Crippen LogP contribution in [0.4, 0.5) is 5.69 Å². The van der Waals surface area contributed by atoms with Gasteiger partial charge in [-0.2, -0.15) is 0 Å². The van der Waals surface area contributed by atoms with E-state index in [1.54, 1.807) is 32.0 Å². The smallest absolute Gasteiger partial charge is 0.122 e. The van der Waals surface area contributed by atoms with Gasteiger partial charge in [0.05, 0.1) is 40.1 Å². The van der Waals surface area contributed by atoms with Crippen LogP contribution in [0.15, 0.2) is 23.1 Å². The van der Waals surface area contributed by atoms with E-state index in [1.807, 2.05) is 12.1 Å². The lowest BCUT2D eigenvalue weighted by Gasteiger charge is -2.07. The summed E-state index contributed by atoms with van der Waals surface area (Å²) in [5, 5.41) is 0. The Bertz CT molecular complexity index is 376. The van der Waals surface area contributed by atoms with E-state index in [1.165, 1.54) is 0 Å². The number of benzene rings is 1. The molecule has 0 fully saturated rings. The van der Waals surface area contributed by atoms with Crippen molar-refractivity contribution in [2.24, 2.45) is 0 Å². The fourth-order valence-electron chi connectivity index (χ4n) is 1.48. The van der Waals surface area contributed by atoms with Crippen LogP contribution in [0.5, 0.6) is 5.75 Å². The minimum Gasteiger partial charge on any atom is -0.497 e. The second-order valence-corrected chi connectivity index (χ2v) is 5.18. The Morgan fingerprint density at radius 1 is 0.950 bits per heavy atom. The van der Waals surface area contributed by atoms with Gasteiger partial charge in [0.2, 0.25) is 0 Å². The predicted octanol–water partition coefficient (Wildman–Crippen LogP) is 2.05. The van der Waals surface area contributed by atoms with Crippen LogP contribution in [0.1, 0.15) is 0 Å². The molecule has 0 aliphatic rings. The Balaban J connectivity index is 2.08. The maximum atomic E-state index is 5.79. The second kappa shape index (κ2) is 10.8. The van der Waals surface area contributed by atoms with E-state index in [9.17, 15) is 0 Å². The molecule has 0 heterocycles. The minimum atomic E-state index is 0.597. The molecule has 0 aliphatic carbocycles. The molecule has 0 saturated carbocycles. The molecule has 0 bridgehead atoms. The van der Waals surface area contributed by atoms with Crippen LogP contribution in [0.3, 0.4) is 0 Å². The van der Waals surface area contributed by atoms with Gasteiger partial charge in [-0.25, -0.2) is 0 Å². The minimum absolute atomic E-state index is 0.597. The van der Waals surface area contributed by atoms with Gasteiger partial charge in [0.15, 0.2) is 0 Å². The number of nitrogens with two attached hydrogens (primary N) is 1.